The van der Waals surface area contributed by atoms with Crippen LogP contribution in [0.3, 0.4) is 0 Å². The van der Waals surface area contributed by atoms with E-state index in [1.807, 2.05) is 4.90 Å². The van der Waals surface area contributed by atoms with Crippen molar-refractivity contribution >= 4 is 40.7 Å². The Morgan fingerprint density at radius 3 is 2.77 bits per heavy atom. The highest BCUT2D eigenvalue weighted by molar-refractivity contribution is 6.30. The Morgan fingerprint density at radius 2 is 2.13 bits per heavy atom. The first-order valence-electron chi connectivity index (χ1n) is 9.91. The quantitative estimate of drug-likeness (QED) is 0.404. The molecule has 0 bridgehead atoms. The van der Waals surface area contributed by atoms with Gasteiger partial charge in [0.25, 0.3) is 11.6 Å². The number of carbonyl (C=O) groups is 2. The fourth-order valence-corrected chi connectivity index (χ4v) is 3.54. The molecule has 0 spiro atoms. The van der Waals surface area contributed by atoms with E-state index in [1.54, 1.807) is 12.1 Å². The number of piperidine rings is 1. The zero-order chi connectivity index (χ0) is 22.5. The van der Waals surface area contributed by atoms with Gasteiger partial charge in [-0.05, 0) is 49.9 Å². The number of aromatic nitrogens is 1. The minimum Gasteiger partial charge on any atom is -0.449 e. The number of nitro benzene ring substituents is 1. The van der Waals surface area contributed by atoms with Gasteiger partial charge in [-0.2, -0.15) is 0 Å². The molecular formula is C21H23ClN4O5. The molecule has 0 radical (unpaired) electrons. The first-order chi connectivity index (χ1) is 14.7. The van der Waals surface area contributed by atoms with Crippen molar-refractivity contribution in [3.63, 3.8) is 0 Å². The van der Waals surface area contributed by atoms with Gasteiger partial charge in [-0.3, -0.25) is 14.9 Å². The van der Waals surface area contributed by atoms with Crippen LogP contribution in [0.5, 0.6) is 0 Å². The number of nitrogens with one attached hydrogen (secondary N) is 1. The Morgan fingerprint density at radius 1 is 1.35 bits per heavy atom. The van der Waals surface area contributed by atoms with Gasteiger partial charge >= 0.3 is 5.97 Å². The minimum atomic E-state index is -1.13. The lowest BCUT2D eigenvalue weighted by molar-refractivity contribution is -0.384. The van der Waals surface area contributed by atoms with Gasteiger partial charge in [0.05, 0.1) is 15.5 Å². The SMILES string of the molecule is C[C@H]1CCCN(c2ccc(C(=O)O[C@@H](C)C(=O)Nc3ccc(Cl)cn3)cc2[N+](=O)[O-])C1. The molecule has 2 atom stereocenters. The average molecular weight is 447 g/mol. The highest BCUT2D eigenvalue weighted by Crippen LogP contribution is 2.32. The van der Waals surface area contributed by atoms with Gasteiger partial charge in [-0.25, -0.2) is 9.78 Å². The van der Waals surface area contributed by atoms with E-state index in [0.717, 1.165) is 25.9 Å². The minimum absolute atomic E-state index is 0.00442. The van der Waals surface area contributed by atoms with Gasteiger partial charge in [0, 0.05) is 25.4 Å². The zero-order valence-corrected chi connectivity index (χ0v) is 18.0. The maximum Gasteiger partial charge on any atom is 0.339 e. The molecular weight excluding hydrogens is 424 g/mol. The maximum atomic E-state index is 12.5. The molecule has 1 amide bonds. The molecule has 0 saturated carbocycles. The molecule has 0 unspecified atom stereocenters. The van der Waals surface area contributed by atoms with E-state index in [2.05, 4.69) is 17.2 Å². The van der Waals surface area contributed by atoms with Gasteiger partial charge in [0.15, 0.2) is 6.10 Å². The topological polar surface area (TPSA) is 115 Å². The summed E-state index contributed by atoms with van der Waals surface area (Å²) in [6.07, 6.45) is 2.28. The molecule has 2 aromatic rings. The van der Waals surface area contributed by atoms with Crippen molar-refractivity contribution in [2.24, 2.45) is 5.92 Å². The lowest BCUT2D eigenvalue weighted by atomic mass is 9.99. The highest BCUT2D eigenvalue weighted by Gasteiger charge is 2.26. The number of carbonyl (C=O) groups excluding carboxylic acids is 2. The summed E-state index contributed by atoms with van der Waals surface area (Å²) >= 11 is 5.75. The number of halogens is 1. The van der Waals surface area contributed by atoms with Crippen molar-refractivity contribution in [1.29, 1.82) is 0 Å². The van der Waals surface area contributed by atoms with E-state index >= 15 is 0 Å². The van der Waals surface area contributed by atoms with E-state index in [-0.39, 0.29) is 17.1 Å². The Bertz CT molecular complexity index is 982. The zero-order valence-electron chi connectivity index (χ0n) is 17.2. The smallest absolute Gasteiger partial charge is 0.339 e. The number of hydrogen-bond donors (Lipinski definition) is 1. The number of benzene rings is 1. The lowest BCUT2D eigenvalue weighted by Crippen LogP contribution is -2.34. The van der Waals surface area contributed by atoms with Crippen LogP contribution in [0.25, 0.3) is 0 Å². The third kappa shape index (κ3) is 5.69. The second-order valence-corrected chi connectivity index (χ2v) is 7.99. The summed E-state index contributed by atoms with van der Waals surface area (Å²) in [5, 5.41) is 14.6. The summed E-state index contributed by atoms with van der Waals surface area (Å²) < 4.78 is 5.19. The predicted octanol–water partition coefficient (Wildman–Crippen LogP) is 4.06. The number of amides is 1. The number of nitrogens with zero attached hydrogens (tertiary/aromatic N) is 3. The van der Waals surface area contributed by atoms with Crippen LogP contribution in [-0.2, 0) is 9.53 Å². The molecule has 164 valence electrons. The van der Waals surface area contributed by atoms with Crippen molar-refractivity contribution in [1.82, 2.24) is 4.98 Å². The summed E-state index contributed by atoms with van der Waals surface area (Å²) in [7, 11) is 0. The monoisotopic (exact) mass is 446 g/mol. The van der Waals surface area contributed by atoms with Crippen LogP contribution in [0.4, 0.5) is 17.2 Å². The molecule has 1 N–H and O–H groups in total. The fourth-order valence-electron chi connectivity index (χ4n) is 3.43. The lowest BCUT2D eigenvalue weighted by Gasteiger charge is -2.32. The second kappa shape index (κ2) is 9.74. The molecule has 1 aliphatic rings. The number of ether oxygens (including phenoxy) is 1. The van der Waals surface area contributed by atoms with E-state index in [4.69, 9.17) is 16.3 Å². The molecule has 2 heterocycles. The van der Waals surface area contributed by atoms with Crippen molar-refractivity contribution in [2.45, 2.75) is 32.8 Å². The third-order valence-electron chi connectivity index (χ3n) is 5.04. The maximum absolute atomic E-state index is 12.5. The number of esters is 1. The largest absolute Gasteiger partial charge is 0.449 e. The van der Waals surface area contributed by atoms with Gasteiger partial charge in [-0.1, -0.05) is 18.5 Å². The number of hydrogen-bond acceptors (Lipinski definition) is 7. The van der Waals surface area contributed by atoms with E-state index in [1.165, 1.54) is 31.3 Å². The van der Waals surface area contributed by atoms with E-state index in [9.17, 15) is 19.7 Å². The number of anilines is 2. The van der Waals surface area contributed by atoms with E-state index < -0.39 is 22.9 Å². The van der Waals surface area contributed by atoms with Crippen LogP contribution in [0.15, 0.2) is 36.5 Å². The van der Waals surface area contributed by atoms with Gasteiger partial charge in [0.1, 0.15) is 11.5 Å². The summed E-state index contributed by atoms with van der Waals surface area (Å²) in [5.74, 6) is -0.717. The van der Waals surface area contributed by atoms with Crippen LogP contribution in [-0.4, -0.2) is 41.0 Å². The van der Waals surface area contributed by atoms with Crippen LogP contribution >= 0.6 is 11.6 Å². The van der Waals surface area contributed by atoms with Crippen molar-refractivity contribution < 1.29 is 19.2 Å². The summed E-state index contributed by atoms with van der Waals surface area (Å²) in [4.78, 5) is 41.8. The Hall–Kier alpha value is -3.20. The first kappa shape index (κ1) is 22.5. The summed E-state index contributed by atoms with van der Waals surface area (Å²) in [6.45, 7) is 4.96. The summed E-state index contributed by atoms with van der Waals surface area (Å²) in [6, 6.07) is 7.32. The van der Waals surface area contributed by atoms with Gasteiger partial charge in [0.2, 0.25) is 0 Å². The van der Waals surface area contributed by atoms with E-state index in [0.29, 0.717) is 16.6 Å². The molecule has 9 nitrogen and oxygen atoms in total. The molecule has 1 fully saturated rings. The molecule has 1 aromatic carbocycles. The van der Waals surface area contributed by atoms with Crippen LogP contribution < -0.4 is 10.2 Å². The highest BCUT2D eigenvalue weighted by atomic mass is 35.5. The molecule has 3 rings (SSSR count). The number of pyridine rings is 1. The fraction of sp³-hybridized carbons (Fsp3) is 0.381. The van der Waals surface area contributed by atoms with Crippen molar-refractivity contribution in [3.05, 3.63) is 57.2 Å². The van der Waals surface area contributed by atoms with Crippen molar-refractivity contribution in [2.75, 3.05) is 23.3 Å². The molecule has 1 aromatic heterocycles. The molecule has 31 heavy (non-hydrogen) atoms. The molecule has 1 saturated heterocycles. The van der Waals surface area contributed by atoms with Crippen LogP contribution in [0, 0.1) is 16.0 Å². The molecule has 0 aliphatic carbocycles. The Labute approximate surface area is 184 Å². The predicted molar refractivity (Wildman–Crippen MR) is 116 cm³/mol. The van der Waals surface area contributed by atoms with Gasteiger partial charge in [-0.15, -0.1) is 0 Å². The first-order valence-corrected chi connectivity index (χ1v) is 10.3. The third-order valence-corrected chi connectivity index (χ3v) is 5.26. The Balaban J connectivity index is 1.70. The standard InChI is InChI=1S/C21H23ClN4O5/c1-13-4-3-9-25(12-13)17-7-5-15(10-18(17)26(29)30)21(28)31-14(2)20(27)24-19-8-6-16(22)11-23-19/h5-8,10-11,13-14H,3-4,9,12H2,1-2H3,(H,23,24,27)/t13-,14-/m0/s1. The molecule has 1 aliphatic heterocycles. The van der Waals surface area contributed by atoms with Crippen molar-refractivity contribution in [3.8, 4) is 0 Å². The Kier molecular flexibility index (Phi) is 7.06. The average Bonchev–Trinajstić information content (AvgIpc) is 2.74. The number of nitro groups is 1. The second-order valence-electron chi connectivity index (χ2n) is 7.55. The van der Waals surface area contributed by atoms with Crippen LogP contribution in [0.2, 0.25) is 5.02 Å². The van der Waals surface area contributed by atoms with Crippen LogP contribution in [0.1, 0.15) is 37.0 Å². The normalized spacial score (nSPS) is 17.0. The van der Waals surface area contributed by atoms with Gasteiger partial charge < -0.3 is 15.0 Å². The summed E-state index contributed by atoms with van der Waals surface area (Å²) in [5.41, 5.74) is 0.323. The molecule has 10 heteroatoms. The number of rotatable bonds is 6.